The van der Waals surface area contributed by atoms with Gasteiger partial charge in [0, 0.05) is 23.4 Å². The zero-order valence-electron chi connectivity index (χ0n) is 18.2. The highest BCUT2D eigenvalue weighted by atomic mass is 35.5. The summed E-state index contributed by atoms with van der Waals surface area (Å²) in [4.78, 5) is 17.4. The van der Waals surface area contributed by atoms with Gasteiger partial charge in [0.05, 0.1) is 16.4 Å². The zero-order chi connectivity index (χ0) is 22.1. The van der Waals surface area contributed by atoms with Crippen LogP contribution in [0.4, 0.5) is 5.69 Å². The van der Waals surface area contributed by atoms with E-state index in [1.165, 1.54) is 0 Å². The van der Waals surface area contributed by atoms with Crippen LogP contribution in [0.2, 0.25) is 5.02 Å². The number of fused-ring (bicyclic) bond motifs is 1. The van der Waals surface area contributed by atoms with E-state index in [1.54, 1.807) is 0 Å². The molecule has 31 heavy (non-hydrogen) atoms. The van der Waals surface area contributed by atoms with Crippen LogP contribution in [0, 0.1) is 27.7 Å². The van der Waals surface area contributed by atoms with Crippen LogP contribution in [0.1, 0.15) is 34.6 Å². The molecule has 158 valence electrons. The summed E-state index contributed by atoms with van der Waals surface area (Å²) in [7, 11) is 0. The number of carbonyl (C=O) groups excluding carboxylic acids is 1. The van der Waals surface area contributed by atoms with Gasteiger partial charge in [-0.3, -0.25) is 4.79 Å². The van der Waals surface area contributed by atoms with Gasteiger partial charge in [-0.05, 0) is 62.9 Å². The van der Waals surface area contributed by atoms with Gasteiger partial charge < -0.3 is 5.32 Å². The van der Waals surface area contributed by atoms with Crippen molar-refractivity contribution in [2.24, 2.45) is 0 Å². The zero-order valence-corrected chi connectivity index (χ0v) is 18.9. The first-order valence-corrected chi connectivity index (χ1v) is 10.7. The molecule has 0 atom stereocenters. The van der Waals surface area contributed by atoms with Crippen molar-refractivity contribution in [3.8, 4) is 11.1 Å². The van der Waals surface area contributed by atoms with E-state index in [1.807, 2.05) is 68.6 Å². The van der Waals surface area contributed by atoms with Gasteiger partial charge in [0.2, 0.25) is 5.91 Å². The molecule has 2 aromatic heterocycles. The van der Waals surface area contributed by atoms with Gasteiger partial charge in [-0.25, -0.2) is 9.50 Å². The Morgan fingerprint density at radius 3 is 2.48 bits per heavy atom. The van der Waals surface area contributed by atoms with Crippen molar-refractivity contribution in [2.75, 3.05) is 5.32 Å². The lowest BCUT2D eigenvalue weighted by Gasteiger charge is -2.12. The number of aryl methyl sites for hydroxylation is 4. The summed E-state index contributed by atoms with van der Waals surface area (Å²) < 4.78 is 1.90. The summed E-state index contributed by atoms with van der Waals surface area (Å²) in [5, 5.41) is 8.19. The number of nitrogens with zero attached hydrogens (tertiary/aromatic N) is 3. The van der Waals surface area contributed by atoms with Crippen LogP contribution in [-0.2, 0) is 11.2 Å². The average molecular weight is 433 g/mol. The molecule has 0 aliphatic carbocycles. The smallest absolute Gasteiger partial charge is 0.224 e. The third kappa shape index (κ3) is 4.19. The van der Waals surface area contributed by atoms with Crippen molar-refractivity contribution in [3.63, 3.8) is 0 Å². The van der Waals surface area contributed by atoms with Crippen LogP contribution in [-0.4, -0.2) is 20.5 Å². The fourth-order valence-corrected chi connectivity index (χ4v) is 4.23. The Morgan fingerprint density at radius 1 is 1.03 bits per heavy atom. The third-order valence-electron chi connectivity index (χ3n) is 5.56. The molecule has 4 aromatic rings. The lowest BCUT2D eigenvalue weighted by molar-refractivity contribution is -0.116. The molecule has 0 radical (unpaired) electrons. The Balaban J connectivity index is 1.59. The molecule has 0 saturated heterocycles. The number of anilines is 1. The molecule has 1 amide bonds. The molecule has 2 heterocycles. The minimum Gasteiger partial charge on any atom is -0.325 e. The maximum absolute atomic E-state index is 12.5. The molecule has 0 fully saturated rings. The molecule has 0 unspecified atom stereocenters. The van der Waals surface area contributed by atoms with Crippen molar-refractivity contribution in [1.29, 1.82) is 0 Å². The summed E-state index contributed by atoms with van der Waals surface area (Å²) in [5.74, 6) is -0.0775. The number of nitrogens with one attached hydrogen (secondary N) is 1. The molecule has 6 heteroatoms. The number of aromatic nitrogens is 3. The second-order valence-corrected chi connectivity index (χ2v) is 8.26. The van der Waals surface area contributed by atoms with E-state index in [9.17, 15) is 4.79 Å². The number of hydrogen-bond acceptors (Lipinski definition) is 3. The molecule has 5 nitrogen and oxygen atoms in total. The third-order valence-corrected chi connectivity index (χ3v) is 5.88. The van der Waals surface area contributed by atoms with E-state index in [0.29, 0.717) is 23.6 Å². The van der Waals surface area contributed by atoms with Gasteiger partial charge in [-0.15, -0.1) is 0 Å². The van der Waals surface area contributed by atoms with E-state index in [0.717, 1.165) is 45.0 Å². The molecule has 0 aliphatic heterocycles. The quantitative estimate of drug-likeness (QED) is 0.430. The molecule has 0 spiro atoms. The first-order chi connectivity index (χ1) is 14.8. The fourth-order valence-electron chi connectivity index (χ4n) is 3.95. The molecule has 0 saturated carbocycles. The predicted molar refractivity (Wildman–Crippen MR) is 126 cm³/mol. The fraction of sp³-hybridized carbons (Fsp3) is 0.240. The Labute approximate surface area is 187 Å². The Morgan fingerprint density at radius 2 is 1.77 bits per heavy atom. The van der Waals surface area contributed by atoms with E-state index < -0.39 is 0 Å². The largest absolute Gasteiger partial charge is 0.325 e. The molecule has 1 N–H and O–H groups in total. The van der Waals surface area contributed by atoms with Crippen LogP contribution in [0.25, 0.3) is 16.8 Å². The van der Waals surface area contributed by atoms with E-state index in [-0.39, 0.29) is 5.91 Å². The second-order valence-electron chi connectivity index (χ2n) is 7.85. The van der Waals surface area contributed by atoms with Crippen molar-refractivity contribution < 1.29 is 4.79 Å². The van der Waals surface area contributed by atoms with E-state index in [4.69, 9.17) is 21.7 Å². The number of rotatable bonds is 5. The monoisotopic (exact) mass is 432 g/mol. The van der Waals surface area contributed by atoms with Crippen molar-refractivity contribution in [2.45, 2.75) is 40.5 Å². The number of halogens is 1. The van der Waals surface area contributed by atoms with Crippen LogP contribution in [0.3, 0.4) is 0 Å². The van der Waals surface area contributed by atoms with Crippen molar-refractivity contribution in [1.82, 2.24) is 14.6 Å². The lowest BCUT2D eigenvalue weighted by Crippen LogP contribution is -2.14. The second kappa shape index (κ2) is 8.52. The Hall–Kier alpha value is -3.18. The molecule has 2 aromatic carbocycles. The number of carbonyl (C=O) groups is 1. The summed E-state index contributed by atoms with van der Waals surface area (Å²) in [5.41, 5.74) is 8.58. The van der Waals surface area contributed by atoms with Gasteiger partial charge in [0.15, 0.2) is 5.65 Å². The normalized spacial score (nSPS) is 11.1. The predicted octanol–water partition coefficient (Wildman–Crippen LogP) is 5.85. The van der Waals surface area contributed by atoms with Crippen molar-refractivity contribution in [3.05, 3.63) is 81.8 Å². The number of hydrogen-bond donors (Lipinski definition) is 1. The maximum atomic E-state index is 12.5. The lowest BCUT2D eigenvalue weighted by atomic mass is 10.0. The van der Waals surface area contributed by atoms with Gasteiger partial charge in [0.25, 0.3) is 0 Å². The standard InChI is InChI=1S/C25H25ClN4O/c1-15-10-12-22(21(26)14-15)28-23(31)13-11-20-16(2)27-25-24(19-8-6-5-7-9-19)17(3)29-30(25)18(20)4/h5-10,12,14H,11,13H2,1-4H3,(H,28,31). The van der Waals surface area contributed by atoms with Gasteiger partial charge in [-0.1, -0.05) is 48.0 Å². The molecule has 4 rings (SSSR count). The molecule has 0 aliphatic rings. The highest BCUT2D eigenvalue weighted by Crippen LogP contribution is 2.29. The van der Waals surface area contributed by atoms with Crippen LogP contribution >= 0.6 is 11.6 Å². The summed E-state index contributed by atoms with van der Waals surface area (Å²) in [6.45, 7) is 8.00. The van der Waals surface area contributed by atoms with Crippen molar-refractivity contribution >= 4 is 28.8 Å². The summed E-state index contributed by atoms with van der Waals surface area (Å²) >= 11 is 6.24. The molecular formula is C25H25ClN4O. The average Bonchev–Trinajstić information content (AvgIpc) is 3.06. The minimum atomic E-state index is -0.0775. The first kappa shape index (κ1) is 21.1. The van der Waals surface area contributed by atoms with E-state index >= 15 is 0 Å². The maximum Gasteiger partial charge on any atom is 0.224 e. The topological polar surface area (TPSA) is 59.3 Å². The highest BCUT2D eigenvalue weighted by molar-refractivity contribution is 6.33. The van der Waals surface area contributed by atoms with Gasteiger partial charge in [0.1, 0.15) is 0 Å². The SMILES string of the molecule is Cc1ccc(NC(=O)CCc2c(C)nc3c(-c4ccccc4)c(C)nn3c2C)c(Cl)c1. The highest BCUT2D eigenvalue weighted by Gasteiger charge is 2.18. The molecular weight excluding hydrogens is 408 g/mol. The summed E-state index contributed by atoms with van der Waals surface area (Å²) in [6, 6.07) is 15.8. The van der Waals surface area contributed by atoms with Crippen LogP contribution < -0.4 is 5.32 Å². The first-order valence-electron chi connectivity index (χ1n) is 10.3. The van der Waals surface area contributed by atoms with Gasteiger partial charge >= 0.3 is 0 Å². The minimum absolute atomic E-state index is 0.0775. The molecule has 0 bridgehead atoms. The number of amides is 1. The van der Waals surface area contributed by atoms with E-state index in [2.05, 4.69) is 17.4 Å². The van der Waals surface area contributed by atoms with Crippen LogP contribution in [0.5, 0.6) is 0 Å². The van der Waals surface area contributed by atoms with Crippen LogP contribution in [0.15, 0.2) is 48.5 Å². The van der Waals surface area contributed by atoms with Gasteiger partial charge in [-0.2, -0.15) is 5.10 Å². The Kier molecular flexibility index (Phi) is 5.79. The Bertz CT molecular complexity index is 1280. The summed E-state index contributed by atoms with van der Waals surface area (Å²) in [6.07, 6.45) is 0.917. The number of benzene rings is 2.